The Kier molecular flexibility index (Phi) is 6.09. The molecule has 7 heteroatoms. The van der Waals surface area contributed by atoms with Crippen molar-refractivity contribution in [3.05, 3.63) is 29.8 Å². The molecular formula is C19H29NO4S2. The predicted octanol–water partition coefficient (Wildman–Crippen LogP) is 2.50. The first-order chi connectivity index (χ1) is 12.3. The normalized spacial score (nSPS) is 27.3. The maximum Gasteiger partial charge on any atom is 0.183 e. The van der Waals surface area contributed by atoms with Gasteiger partial charge in [-0.3, -0.25) is 0 Å². The summed E-state index contributed by atoms with van der Waals surface area (Å²) in [6, 6.07) is 6.55. The number of aryl methyl sites for hydroxylation is 1. The predicted molar refractivity (Wildman–Crippen MR) is 104 cm³/mol. The molecule has 1 aliphatic heterocycles. The summed E-state index contributed by atoms with van der Waals surface area (Å²) in [7, 11) is -7.04. The van der Waals surface area contributed by atoms with Crippen molar-refractivity contribution in [1.29, 1.82) is 0 Å². The number of hydrogen-bond acceptors (Lipinski definition) is 5. The number of nitrogens with one attached hydrogen (secondary N) is 1. The van der Waals surface area contributed by atoms with Crippen LogP contribution in [0.1, 0.15) is 51.0 Å². The highest BCUT2D eigenvalue weighted by Gasteiger charge is 2.46. The van der Waals surface area contributed by atoms with Crippen molar-refractivity contribution in [1.82, 2.24) is 5.32 Å². The molecule has 0 radical (unpaired) electrons. The van der Waals surface area contributed by atoms with Gasteiger partial charge in [-0.15, -0.1) is 0 Å². The van der Waals surface area contributed by atoms with Crippen molar-refractivity contribution in [2.45, 2.75) is 74.1 Å². The molecule has 2 fully saturated rings. The number of rotatable bonds is 5. The minimum Gasteiger partial charge on any atom is -0.309 e. The molecule has 1 aromatic carbocycles. The summed E-state index contributed by atoms with van der Waals surface area (Å²) in [5.74, 6) is -0.365. The molecule has 26 heavy (non-hydrogen) atoms. The van der Waals surface area contributed by atoms with E-state index in [9.17, 15) is 16.8 Å². The zero-order chi connectivity index (χ0) is 18.8. The molecular weight excluding hydrogens is 370 g/mol. The van der Waals surface area contributed by atoms with Gasteiger partial charge in [0, 0.05) is 12.1 Å². The van der Waals surface area contributed by atoms with Crippen molar-refractivity contribution in [2.75, 3.05) is 11.5 Å². The Labute approximate surface area is 157 Å². The summed E-state index contributed by atoms with van der Waals surface area (Å²) in [5.41, 5.74) is 1.07. The third-order valence-corrected chi connectivity index (χ3v) is 9.83. The lowest BCUT2D eigenvalue weighted by molar-refractivity contribution is 0.408. The third kappa shape index (κ3) is 4.49. The summed E-state index contributed by atoms with van der Waals surface area (Å²) >= 11 is 0. The Morgan fingerprint density at radius 2 is 1.62 bits per heavy atom. The first-order valence-electron chi connectivity index (χ1n) is 9.61. The maximum absolute atomic E-state index is 13.1. The van der Waals surface area contributed by atoms with Crippen LogP contribution < -0.4 is 5.32 Å². The molecule has 0 unspecified atom stereocenters. The molecule has 1 aromatic rings. The van der Waals surface area contributed by atoms with Gasteiger partial charge in [0.25, 0.3) is 0 Å². The van der Waals surface area contributed by atoms with Crippen molar-refractivity contribution < 1.29 is 16.8 Å². The fourth-order valence-corrected chi connectivity index (χ4v) is 8.79. The fourth-order valence-electron chi connectivity index (χ4n) is 4.12. The van der Waals surface area contributed by atoms with E-state index in [1.54, 1.807) is 12.1 Å². The minimum absolute atomic E-state index is 0.0829. The summed E-state index contributed by atoms with van der Waals surface area (Å²) in [6.45, 7) is 2.01. The summed E-state index contributed by atoms with van der Waals surface area (Å²) in [4.78, 5) is 0.226. The summed E-state index contributed by atoms with van der Waals surface area (Å²) < 4.78 is 50.7. The van der Waals surface area contributed by atoms with Crippen LogP contribution in [-0.2, 0) is 26.1 Å². The van der Waals surface area contributed by atoms with Gasteiger partial charge >= 0.3 is 0 Å². The molecule has 3 rings (SSSR count). The van der Waals surface area contributed by atoms with E-state index >= 15 is 0 Å². The topological polar surface area (TPSA) is 80.3 Å². The Hall–Kier alpha value is -0.920. The second-order valence-electron chi connectivity index (χ2n) is 7.62. The van der Waals surface area contributed by atoms with Gasteiger partial charge in [0.15, 0.2) is 19.7 Å². The number of sulfone groups is 2. The van der Waals surface area contributed by atoms with Gasteiger partial charge in [-0.2, -0.15) is 0 Å². The molecule has 0 aromatic heterocycles. The van der Waals surface area contributed by atoms with Gasteiger partial charge in [-0.1, -0.05) is 44.7 Å². The van der Waals surface area contributed by atoms with E-state index in [4.69, 9.17) is 0 Å². The lowest BCUT2D eigenvalue weighted by Crippen LogP contribution is -2.47. The van der Waals surface area contributed by atoms with Gasteiger partial charge in [0.05, 0.1) is 21.7 Å². The Balaban J connectivity index is 1.84. The van der Waals surface area contributed by atoms with E-state index in [0.717, 1.165) is 37.7 Å². The van der Waals surface area contributed by atoms with Gasteiger partial charge in [-0.05, 0) is 37.0 Å². The standard InChI is InChI=1S/C19H29NO4S2/c1-2-15-9-11-17(12-10-15)26(23,24)19-14-25(21,22)13-18(19)20-16-7-5-3-4-6-8-16/h9-12,16,18-20H,2-8,13-14H2,1H3/t18-,19-/m1/s1. The summed E-state index contributed by atoms with van der Waals surface area (Å²) in [6.07, 6.45) is 7.46. The smallest absolute Gasteiger partial charge is 0.183 e. The van der Waals surface area contributed by atoms with E-state index in [1.165, 1.54) is 12.8 Å². The van der Waals surface area contributed by atoms with Crippen LogP contribution in [0, 0.1) is 0 Å². The lowest BCUT2D eigenvalue weighted by atomic mass is 10.1. The highest BCUT2D eigenvalue weighted by atomic mass is 32.2. The van der Waals surface area contributed by atoms with Crippen LogP contribution >= 0.6 is 0 Å². The third-order valence-electron chi connectivity index (χ3n) is 5.66. The summed E-state index contributed by atoms with van der Waals surface area (Å²) in [5, 5.41) is 2.50. The molecule has 1 saturated heterocycles. The van der Waals surface area contributed by atoms with Crippen molar-refractivity contribution >= 4 is 19.7 Å². The van der Waals surface area contributed by atoms with Crippen LogP contribution in [-0.4, -0.2) is 45.7 Å². The van der Waals surface area contributed by atoms with Gasteiger partial charge in [0.2, 0.25) is 0 Å². The van der Waals surface area contributed by atoms with Crippen LogP contribution in [0.5, 0.6) is 0 Å². The van der Waals surface area contributed by atoms with Crippen molar-refractivity contribution in [3.8, 4) is 0 Å². The minimum atomic E-state index is -3.69. The van der Waals surface area contributed by atoms with E-state index in [0.29, 0.717) is 0 Å². The van der Waals surface area contributed by atoms with Crippen LogP contribution in [0.25, 0.3) is 0 Å². The largest absolute Gasteiger partial charge is 0.309 e. The Bertz CT molecular complexity index is 808. The molecule has 1 heterocycles. The van der Waals surface area contributed by atoms with E-state index in [2.05, 4.69) is 5.32 Å². The second-order valence-corrected chi connectivity index (χ2v) is 11.9. The quantitative estimate of drug-likeness (QED) is 0.770. The van der Waals surface area contributed by atoms with E-state index < -0.39 is 31.0 Å². The van der Waals surface area contributed by atoms with Crippen LogP contribution in [0.4, 0.5) is 0 Å². The monoisotopic (exact) mass is 399 g/mol. The molecule has 0 spiro atoms. The molecule has 1 saturated carbocycles. The van der Waals surface area contributed by atoms with Crippen LogP contribution in [0.3, 0.4) is 0 Å². The lowest BCUT2D eigenvalue weighted by Gasteiger charge is -2.25. The molecule has 1 N–H and O–H groups in total. The van der Waals surface area contributed by atoms with Gasteiger partial charge < -0.3 is 5.32 Å². The molecule has 1 aliphatic carbocycles. The fraction of sp³-hybridized carbons (Fsp3) is 0.684. The van der Waals surface area contributed by atoms with Crippen molar-refractivity contribution in [3.63, 3.8) is 0 Å². The van der Waals surface area contributed by atoms with Gasteiger partial charge in [0.1, 0.15) is 0 Å². The van der Waals surface area contributed by atoms with Crippen molar-refractivity contribution in [2.24, 2.45) is 0 Å². The van der Waals surface area contributed by atoms with Crippen LogP contribution in [0.2, 0.25) is 0 Å². The first-order valence-corrected chi connectivity index (χ1v) is 13.0. The van der Waals surface area contributed by atoms with E-state index in [1.807, 2.05) is 19.1 Å². The zero-order valence-electron chi connectivity index (χ0n) is 15.4. The van der Waals surface area contributed by atoms with E-state index in [-0.39, 0.29) is 22.4 Å². The highest BCUT2D eigenvalue weighted by Crippen LogP contribution is 2.28. The molecule has 5 nitrogen and oxygen atoms in total. The number of benzene rings is 1. The molecule has 0 amide bonds. The van der Waals surface area contributed by atoms with Gasteiger partial charge in [-0.25, -0.2) is 16.8 Å². The maximum atomic E-state index is 13.1. The molecule has 2 atom stereocenters. The number of hydrogen-bond donors (Lipinski definition) is 1. The molecule has 2 aliphatic rings. The molecule has 146 valence electrons. The molecule has 0 bridgehead atoms. The Morgan fingerprint density at radius 3 is 2.19 bits per heavy atom. The first kappa shape index (κ1) is 19.8. The average Bonchev–Trinajstić information content (AvgIpc) is 2.77. The van der Waals surface area contributed by atoms with Crippen LogP contribution in [0.15, 0.2) is 29.2 Å². The SMILES string of the molecule is CCc1ccc(S(=O)(=O)[C@@H]2CS(=O)(=O)C[C@H]2NC2CCCCCC2)cc1. The Morgan fingerprint density at radius 1 is 1.00 bits per heavy atom. The highest BCUT2D eigenvalue weighted by molar-refractivity contribution is 7.96. The second kappa shape index (κ2) is 7.98. The average molecular weight is 400 g/mol. The zero-order valence-corrected chi connectivity index (χ0v) is 17.0.